The molecule has 0 fully saturated rings. The van der Waals surface area contributed by atoms with Crippen LogP contribution in [-0.4, -0.2) is 37.8 Å². The maximum Gasteiger partial charge on any atom is 0.161 e. The number of aliphatic hydroxyl groups excluding tert-OH is 1. The van der Waals surface area contributed by atoms with E-state index < -0.39 is 6.10 Å². The van der Waals surface area contributed by atoms with Crippen LogP contribution in [0.5, 0.6) is 11.5 Å². The predicted octanol–water partition coefficient (Wildman–Crippen LogP) is 4.31. The lowest BCUT2D eigenvalue weighted by molar-refractivity contribution is 0.152. The summed E-state index contributed by atoms with van der Waals surface area (Å²) in [6.07, 6.45) is 2.46. The average molecular weight is 472 g/mol. The molecule has 1 aliphatic heterocycles. The second kappa shape index (κ2) is 8.44. The molecule has 170 valence electrons. The van der Waals surface area contributed by atoms with Crippen LogP contribution in [0.3, 0.4) is 0 Å². The summed E-state index contributed by atoms with van der Waals surface area (Å²) in [7, 11) is 0. The fraction of sp³-hybridized carbons (Fsp3) is 0.160. The molecule has 3 aromatic heterocycles. The van der Waals surface area contributed by atoms with Gasteiger partial charge in [-0.3, -0.25) is 0 Å². The summed E-state index contributed by atoms with van der Waals surface area (Å²) in [6, 6.07) is 17.5. The van der Waals surface area contributed by atoms with Crippen molar-refractivity contribution in [2.24, 2.45) is 0 Å². The molecule has 2 aromatic carbocycles. The first-order valence-corrected chi connectivity index (χ1v) is 11.7. The Bertz CT molecular complexity index is 1480. The Morgan fingerprint density at radius 1 is 1.00 bits per heavy atom. The molecule has 1 aliphatic rings. The highest BCUT2D eigenvalue weighted by Crippen LogP contribution is 2.40. The van der Waals surface area contributed by atoms with Crippen LogP contribution in [0.15, 0.2) is 67.3 Å². The quantitative estimate of drug-likeness (QED) is 0.393. The number of rotatable bonds is 5. The lowest BCUT2D eigenvalue weighted by Crippen LogP contribution is -2.16. The second-order valence-corrected chi connectivity index (χ2v) is 9.00. The smallest absolute Gasteiger partial charge is 0.161 e. The molecule has 0 spiro atoms. The van der Waals surface area contributed by atoms with Crippen molar-refractivity contribution in [1.29, 1.82) is 0 Å². The average Bonchev–Trinajstić information content (AvgIpc) is 3.49. The Morgan fingerprint density at radius 3 is 2.65 bits per heavy atom. The van der Waals surface area contributed by atoms with Crippen LogP contribution in [0.25, 0.3) is 32.0 Å². The molecule has 0 radical (unpaired) electrons. The van der Waals surface area contributed by atoms with E-state index in [9.17, 15) is 5.11 Å². The number of ether oxygens (including phenoxy) is 2. The van der Waals surface area contributed by atoms with Crippen LogP contribution in [0.1, 0.15) is 11.7 Å². The van der Waals surface area contributed by atoms with E-state index in [0.717, 1.165) is 37.6 Å². The molecule has 6 rings (SSSR count). The van der Waals surface area contributed by atoms with E-state index in [1.165, 1.54) is 17.7 Å². The lowest BCUT2D eigenvalue weighted by Gasteiger charge is -2.20. The van der Waals surface area contributed by atoms with Gasteiger partial charge >= 0.3 is 0 Å². The van der Waals surface area contributed by atoms with E-state index >= 15 is 0 Å². The number of nitrogens with two attached hydrogens (primary N) is 1. The molecular formula is C25H21N5O3S. The zero-order chi connectivity index (χ0) is 23.1. The topological polar surface area (TPSA) is 108 Å². The van der Waals surface area contributed by atoms with Crippen LogP contribution in [-0.2, 0) is 6.54 Å². The molecule has 0 aliphatic carbocycles. The van der Waals surface area contributed by atoms with Gasteiger partial charge in [0.15, 0.2) is 11.5 Å². The van der Waals surface area contributed by atoms with Gasteiger partial charge < -0.3 is 24.9 Å². The Labute approximate surface area is 199 Å². The maximum absolute atomic E-state index is 11.1. The highest BCUT2D eigenvalue weighted by molar-refractivity contribution is 7.21. The summed E-state index contributed by atoms with van der Waals surface area (Å²) in [5, 5.41) is 11.9. The Kier molecular flexibility index (Phi) is 5.12. The largest absolute Gasteiger partial charge is 0.486 e. The van der Waals surface area contributed by atoms with Gasteiger partial charge in [0, 0.05) is 5.56 Å². The molecule has 4 heterocycles. The molecule has 0 bridgehead atoms. The van der Waals surface area contributed by atoms with Gasteiger partial charge in [-0.05, 0) is 23.8 Å². The number of fused-ring (bicyclic) bond motifs is 2. The van der Waals surface area contributed by atoms with Crippen molar-refractivity contribution in [2.45, 2.75) is 12.6 Å². The van der Waals surface area contributed by atoms with Crippen LogP contribution in [0.2, 0.25) is 0 Å². The minimum atomic E-state index is -0.772. The van der Waals surface area contributed by atoms with Crippen molar-refractivity contribution < 1.29 is 14.6 Å². The maximum atomic E-state index is 11.1. The van der Waals surface area contributed by atoms with Crippen molar-refractivity contribution in [3.05, 3.63) is 72.8 Å². The summed E-state index contributed by atoms with van der Waals surface area (Å²) in [5.74, 6) is 1.79. The molecule has 0 amide bonds. The number of aromatic nitrogens is 4. The zero-order valence-electron chi connectivity index (χ0n) is 18.1. The molecule has 3 N–H and O–H groups in total. The SMILES string of the molecule is Nc1ncnc2sc(-c3c(-c4ccccc4)ncn3CC(O)c3ccc4c(c3)OCCO4)cc12. The first kappa shape index (κ1) is 20.6. The first-order chi connectivity index (χ1) is 16.7. The van der Waals surface area contributed by atoms with E-state index in [4.69, 9.17) is 20.2 Å². The number of hydrogen-bond acceptors (Lipinski definition) is 8. The van der Waals surface area contributed by atoms with E-state index in [2.05, 4.69) is 9.97 Å². The van der Waals surface area contributed by atoms with Gasteiger partial charge in [0.25, 0.3) is 0 Å². The zero-order valence-corrected chi connectivity index (χ0v) is 18.9. The molecular weight excluding hydrogens is 450 g/mol. The predicted molar refractivity (Wildman–Crippen MR) is 131 cm³/mol. The van der Waals surface area contributed by atoms with Gasteiger partial charge in [-0.1, -0.05) is 36.4 Å². The molecule has 1 atom stereocenters. The van der Waals surface area contributed by atoms with Crippen LogP contribution >= 0.6 is 11.3 Å². The van der Waals surface area contributed by atoms with Gasteiger partial charge in [0.05, 0.1) is 40.6 Å². The fourth-order valence-corrected chi connectivity index (χ4v) is 5.20. The Hall–Kier alpha value is -3.95. The first-order valence-electron chi connectivity index (χ1n) is 10.9. The Morgan fingerprint density at radius 2 is 1.82 bits per heavy atom. The molecule has 0 saturated carbocycles. The number of benzene rings is 2. The standard InChI is InChI=1S/C25H21N5O3S/c26-24-17-11-21(34-25(17)28-13-27-24)23-22(15-4-2-1-3-5-15)29-14-30(23)12-18(31)16-6-7-19-20(10-16)33-9-8-32-19/h1-7,10-11,13-14,18,31H,8-9,12H2,(H2,26,27,28). The summed E-state index contributed by atoms with van der Waals surface area (Å²) in [4.78, 5) is 15.0. The third-order valence-corrected chi connectivity index (χ3v) is 6.85. The number of anilines is 1. The van der Waals surface area contributed by atoms with Crippen molar-refractivity contribution >= 4 is 27.4 Å². The molecule has 0 saturated heterocycles. The highest BCUT2D eigenvalue weighted by Gasteiger charge is 2.22. The van der Waals surface area contributed by atoms with Crippen molar-refractivity contribution in [1.82, 2.24) is 19.5 Å². The minimum Gasteiger partial charge on any atom is -0.486 e. The van der Waals surface area contributed by atoms with E-state index in [0.29, 0.717) is 37.1 Å². The summed E-state index contributed by atoms with van der Waals surface area (Å²) < 4.78 is 13.3. The minimum absolute atomic E-state index is 0.310. The summed E-state index contributed by atoms with van der Waals surface area (Å²) >= 11 is 1.52. The van der Waals surface area contributed by atoms with Crippen molar-refractivity contribution in [2.75, 3.05) is 18.9 Å². The molecule has 34 heavy (non-hydrogen) atoms. The molecule has 5 aromatic rings. The molecule has 8 nitrogen and oxygen atoms in total. The van der Waals surface area contributed by atoms with Gasteiger partial charge in [0.2, 0.25) is 0 Å². The lowest BCUT2D eigenvalue weighted by atomic mass is 10.1. The normalized spacial score (nSPS) is 13.8. The summed E-state index contributed by atoms with van der Waals surface area (Å²) in [6.45, 7) is 1.33. The van der Waals surface area contributed by atoms with E-state index in [-0.39, 0.29) is 0 Å². The van der Waals surface area contributed by atoms with Gasteiger partial charge in [-0.2, -0.15) is 0 Å². The molecule has 1 unspecified atom stereocenters. The van der Waals surface area contributed by atoms with Crippen LogP contribution in [0, 0.1) is 0 Å². The monoisotopic (exact) mass is 471 g/mol. The Balaban J connectivity index is 1.42. The number of nitrogens with zero attached hydrogens (tertiary/aromatic N) is 4. The van der Waals surface area contributed by atoms with Crippen molar-refractivity contribution in [3.8, 4) is 33.3 Å². The number of hydrogen-bond donors (Lipinski definition) is 2. The third kappa shape index (κ3) is 3.64. The number of aliphatic hydroxyl groups is 1. The molecule has 9 heteroatoms. The van der Waals surface area contributed by atoms with Gasteiger partial charge in [-0.15, -0.1) is 11.3 Å². The second-order valence-electron chi connectivity index (χ2n) is 7.97. The van der Waals surface area contributed by atoms with Gasteiger partial charge in [0.1, 0.15) is 30.2 Å². The third-order valence-electron chi connectivity index (χ3n) is 5.80. The van der Waals surface area contributed by atoms with Crippen molar-refractivity contribution in [3.63, 3.8) is 0 Å². The number of imidazole rings is 1. The highest BCUT2D eigenvalue weighted by atomic mass is 32.1. The fourth-order valence-electron chi connectivity index (χ4n) is 4.14. The van der Waals surface area contributed by atoms with Gasteiger partial charge in [-0.25, -0.2) is 15.0 Å². The van der Waals surface area contributed by atoms with Crippen LogP contribution in [0.4, 0.5) is 5.82 Å². The summed E-state index contributed by atoms with van der Waals surface area (Å²) in [5.41, 5.74) is 9.55. The van der Waals surface area contributed by atoms with Crippen LogP contribution < -0.4 is 15.2 Å². The van der Waals surface area contributed by atoms with E-state index in [1.54, 1.807) is 6.33 Å². The van der Waals surface area contributed by atoms with E-state index in [1.807, 2.05) is 59.2 Å². The number of thiophene rings is 1. The number of nitrogen functional groups attached to an aromatic ring is 1.